The molecule has 0 radical (unpaired) electrons. The molecular formula is C19H35Cl. The van der Waals surface area contributed by atoms with Crippen LogP contribution in [0.5, 0.6) is 0 Å². The third-order valence-electron chi connectivity index (χ3n) is 3.93. The van der Waals surface area contributed by atoms with Gasteiger partial charge in [0, 0.05) is 4.87 Å². The first-order chi connectivity index (χ1) is 8.94. The Bertz CT molecular complexity index is 331. The van der Waals surface area contributed by atoms with E-state index in [9.17, 15) is 0 Å². The third kappa shape index (κ3) is 9.64. The Labute approximate surface area is 132 Å². The summed E-state index contributed by atoms with van der Waals surface area (Å²) in [6.45, 7) is 17.8. The van der Waals surface area contributed by atoms with Gasteiger partial charge in [-0.2, -0.15) is 0 Å². The van der Waals surface area contributed by atoms with Crippen LogP contribution in [0.3, 0.4) is 0 Å². The molecule has 0 aliphatic heterocycles. The largest absolute Gasteiger partial charge is 0.120 e. The van der Waals surface area contributed by atoms with Crippen molar-refractivity contribution in [3.63, 3.8) is 0 Å². The fourth-order valence-electron chi connectivity index (χ4n) is 2.46. The minimum absolute atomic E-state index is 0.0906. The quantitative estimate of drug-likeness (QED) is 0.330. The zero-order chi connectivity index (χ0) is 16.0. The van der Waals surface area contributed by atoms with Crippen molar-refractivity contribution in [1.29, 1.82) is 0 Å². The Balaban J connectivity index is 4.82. The SMILES string of the molecule is CC(C)=CCCC(C=C(C)C)C(C)(C)CCC(C)(C)Cl. The summed E-state index contributed by atoms with van der Waals surface area (Å²) in [5, 5.41) is 0. The van der Waals surface area contributed by atoms with E-state index in [2.05, 4.69) is 67.5 Å². The molecule has 0 bridgehead atoms. The van der Waals surface area contributed by atoms with E-state index in [4.69, 9.17) is 11.6 Å². The minimum atomic E-state index is -0.0906. The highest BCUT2D eigenvalue weighted by atomic mass is 35.5. The standard InChI is InChI=1S/C19H35Cl/c1-15(2)10-9-11-17(14-16(3)4)18(5,6)12-13-19(7,8)20/h10,14,17H,9,11-13H2,1-8H3. The van der Waals surface area contributed by atoms with E-state index < -0.39 is 0 Å². The van der Waals surface area contributed by atoms with Gasteiger partial charge in [-0.3, -0.25) is 0 Å². The molecule has 20 heavy (non-hydrogen) atoms. The first-order valence-electron chi connectivity index (χ1n) is 7.91. The van der Waals surface area contributed by atoms with Crippen molar-refractivity contribution in [3.8, 4) is 0 Å². The van der Waals surface area contributed by atoms with Gasteiger partial charge in [0.2, 0.25) is 0 Å². The van der Waals surface area contributed by atoms with E-state index in [0.29, 0.717) is 11.3 Å². The molecule has 118 valence electrons. The summed E-state index contributed by atoms with van der Waals surface area (Å²) in [5.74, 6) is 0.627. The highest BCUT2D eigenvalue weighted by molar-refractivity contribution is 6.23. The number of allylic oxidation sites excluding steroid dienone is 4. The molecule has 0 rings (SSSR count). The molecule has 0 nitrogen and oxygen atoms in total. The molecule has 0 aromatic rings. The molecule has 0 aliphatic carbocycles. The lowest BCUT2D eigenvalue weighted by Crippen LogP contribution is -2.26. The second-order valence-corrected chi connectivity index (χ2v) is 8.94. The molecule has 0 saturated heterocycles. The molecule has 0 aliphatic rings. The first kappa shape index (κ1) is 19.8. The fourth-order valence-corrected chi connectivity index (χ4v) is 2.55. The lowest BCUT2D eigenvalue weighted by atomic mass is 9.71. The van der Waals surface area contributed by atoms with Crippen LogP contribution in [-0.4, -0.2) is 4.87 Å². The third-order valence-corrected chi connectivity index (χ3v) is 4.12. The van der Waals surface area contributed by atoms with E-state index >= 15 is 0 Å². The molecule has 0 aromatic carbocycles. The molecule has 0 N–H and O–H groups in total. The van der Waals surface area contributed by atoms with E-state index in [1.54, 1.807) is 0 Å². The van der Waals surface area contributed by atoms with Gasteiger partial charge in [-0.25, -0.2) is 0 Å². The highest BCUT2D eigenvalue weighted by Gasteiger charge is 2.29. The Morgan fingerprint density at radius 3 is 1.90 bits per heavy atom. The first-order valence-corrected chi connectivity index (χ1v) is 8.29. The van der Waals surface area contributed by atoms with Crippen molar-refractivity contribution in [2.24, 2.45) is 11.3 Å². The van der Waals surface area contributed by atoms with Gasteiger partial charge in [0.05, 0.1) is 0 Å². The lowest BCUT2D eigenvalue weighted by Gasteiger charge is -2.35. The zero-order valence-corrected chi connectivity index (χ0v) is 15.7. The normalized spacial score (nSPS) is 13.8. The van der Waals surface area contributed by atoms with Crippen molar-refractivity contribution in [3.05, 3.63) is 23.3 Å². The van der Waals surface area contributed by atoms with Gasteiger partial charge in [0.15, 0.2) is 0 Å². The second kappa shape index (κ2) is 8.27. The average Bonchev–Trinajstić information content (AvgIpc) is 2.23. The van der Waals surface area contributed by atoms with Crippen LogP contribution in [0.4, 0.5) is 0 Å². The van der Waals surface area contributed by atoms with E-state index in [-0.39, 0.29) is 4.87 Å². The predicted molar refractivity (Wildman–Crippen MR) is 94.5 cm³/mol. The highest BCUT2D eigenvalue weighted by Crippen LogP contribution is 2.39. The molecule has 1 atom stereocenters. The number of hydrogen-bond donors (Lipinski definition) is 0. The van der Waals surface area contributed by atoms with Crippen LogP contribution in [0.1, 0.15) is 81.1 Å². The minimum Gasteiger partial charge on any atom is -0.120 e. The maximum absolute atomic E-state index is 6.37. The molecule has 0 fully saturated rings. The molecule has 0 heterocycles. The smallest absolute Gasteiger partial charge is 0.0390 e. The van der Waals surface area contributed by atoms with Crippen molar-refractivity contribution in [2.75, 3.05) is 0 Å². The summed E-state index contributed by atoms with van der Waals surface area (Å²) >= 11 is 6.37. The van der Waals surface area contributed by atoms with Gasteiger partial charge in [-0.1, -0.05) is 37.1 Å². The summed E-state index contributed by atoms with van der Waals surface area (Å²) in [4.78, 5) is -0.0906. The number of halogens is 1. The second-order valence-electron chi connectivity index (χ2n) is 7.92. The molecule has 0 aromatic heterocycles. The monoisotopic (exact) mass is 298 g/mol. The lowest BCUT2D eigenvalue weighted by molar-refractivity contribution is 0.214. The maximum Gasteiger partial charge on any atom is 0.0390 e. The number of alkyl halides is 1. The molecule has 1 heteroatoms. The number of hydrogen-bond acceptors (Lipinski definition) is 0. The van der Waals surface area contributed by atoms with Gasteiger partial charge >= 0.3 is 0 Å². The molecule has 1 unspecified atom stereocenters. The number of rotatable bonds is 8. The van der Waals surface area contributed by atoms with Crippen molar-refractivity contribution in [1.82, 2.24) is 0 Å². The van der Waals surface area contributed by atoms with E-state index in [1.807, 2.05) is 0 Å². The summed E-state index contributed by atoms with van der Waals surface area (Å²) in [6.07, 6.45) is 9.45. The van der Waals surface area contributed by atoms with Crippen LogP contribution >= 0.6 is 11.6 Å². The Kier molecular flexibility index (Phi) is 8.18. The van der Waals surface area contributed by atoms with Crippen LogP contribution in [0.25, 0.3) is 0 Å². The Morgan fingerprint density at radius 1 is 0.950 bits per heavy atom. The van der Waals surface area contributed by atoms with Gasteiger partial charge < -0.3 is 0 Å². The van der Waals surface area contributed by atoms with Crippen molar-refractivity contribution >= 4 is 11.6 Å². The van der Waals surface area contributed by atoms with E-state index in [0.717, 1.165) is 6.42 Å². The summed E-state index contributed by atoms with van der Waals surface area (Å²) in [7, 11) is 0. The van der Waals surface area contributed by atoms with Gasteiger partial charge in [-0.05, 0) is 78.6 Å². The molecule has 0 saturated carbocycles. The van der Waals surface area contributed by atoms with Gasteiger partial charge in [-0.15, -0.1) is 11.6 Å². The molecule has 0 amide bonds. The maximum atomic E-state index is 6.37. The average molecular weight is 299 g/mol. The molecular weight excluding hydrogens is 264 g/mol. The Hall–Kier alpha value is -0.230. The topological polar surface area (TPSA) is 0 Å². The predicted octanol–water partition coefficient (Wildman–Crippen LogP) is 7.14. The van der Waals surface area contributed by atoms with Crippen molar-refractivity contribution < 1.29 is 0 Å². The summed E-state index contributed by atoms with van der Waals surface area (Å²) in [6, 6.07) is 0. The van der Waals surface area contributed by atoms with E-state index in [1.165, 1.54) is 30.4 Å². The van der Waals surface area contributed by atoms with Crippen LogP contribution in [0, 0.1) is 11.3 Å². The van der Waals surface area contributed by atoms with Crippen molar-refractivity contribution in [2.45, 2.75) is 85.9 Å². The van der Waals surface area contributed by atoms with Gasteiger partial charge in [0.1, 0.15) is 0 Å². The van der Waals surface area contributed by atoms with Crippen LogP contribution in [0.15, 0.2) is 23.3 Å². The van der Waals surface area contributed by atoms with Crippen LogP contribution < -0.4 is 0 Å². The summed E-state index contributed by atoms with van der Waals surface area (Å²) < 4.78 is 0. The van der Waals surface area contributed by atoms with Crippen LogP contribution in [0.2, 0.25) is 0 Å². The molecule has 0 spiro atoms. The van der Waals surface area contributed by atoms with Gasteiger partial charge in [0.25, 0.3) is 0 Å². The zero-order valence-electron chi connectivity index (χ0n) is 14.9. The van der Waals surface area contributed by atoms with Crippen LogP contribution in [-0.2, 0) is 0 Å². The fraction of sp³-hybridized carbons (Fsp3) is 0.789. The summed E-state index contributed by atoms with van der Waals surface area (Å²) in [5.41, 5.74) is 3.14. The Morgan fingerprint density at radius 2 is 1.50 bits per heavy atom.